The number of carbonyl (C=O) groups is 2. The van der Waals surface area contributed by atoms with Crippen LogP contribution in [0.15, 0.2) is 53.1 Å². The van der Waals surface area contributed by atoms with Gasteiger partial charge in [0, 0.05) is 10.9 Å². The van der Waals surface area contributed by atoms with Gasteiger partial charge in [0.2, 0.25) is 0 Å². The average Bonchev–Trinajstić information content (AvgIpc) is 3.12. The molecular formula is C14H11N3O3. The molecule has 0 aliphatic carbocycles. The number of aromatic nitrogens is 1. The summed E-state index contributed by atoms with van der Waals surface area (Å²) in [4.78, 5) is 26.5. The Kier molecular flexibility index (Phi) is 2.96. The van der Waals surface area contributed by atoms with Gasteiger partial charge in [-0.05, 0) is 24.3 Å². The van der Waals surface area contributed by atoms with E-state index < -0.39 is 11.8 Å². The molecule has 0 radical (unpaired) electrons. The van der Waals surface area contributed by atoms with Crippen LogP contribution < -0.4 is 10.9 Å². The number of hydrazine groups is 1. The summed E-state index contributed by atoms with van der Waals surface area (Å²) in [6.07, 6.45) is 1.38. The summed E-state index contributed by atoms with van der Waals surface area (Å²) >= 11 is 0. The average molecular weight is 269 g/mol. The van der Waals surface area contributed by atoms with Gasteiger partial charge in [-0.2, -0.15) is 0 Å². The molecule has 0 atom stereocenters. The number of para-hydroxylation sites is 1. The zero-order valence-electron chi connectivity index (χ0n) is 10.3. The van der Waals surface area contributed by atoms with Gasteiger partial charge in [0.1, 0.15) is 5.69 Å². The van der Waals surface area contributed by atoms with E-state index in [2.05, 4.69) is 15.8 Å². The summed E-state index contributed by atoms with van der Waals surface area (Å²) in [5.74, 6) is -0.817. The molecule has 0 spiro atoms. The van der Waals surface area contributed by atoms with Crippen molar-refractivity contribution in [1.82, 2.24) is 15.8 Å². The fourth-order valence-electron chi connectivity index (χ4n) is 1.85. The summed E-state index contributed by atoms with van der Waals surface area (Å²) in [6, 6.07) is 12.3. The summed E-state index contributed by atoms with van der Waals surface area (Å²) in [6.45, 7) is 0. The molecule has 6 nitrogen and oxygen atoms in total. The van der Waals surface area contributed by atoms with Gasteiger partial charge in [0.05, 0.1) is 6.26 Å². The molecule has 0 saturated heterocycles. The molecule has 1 aromatic carbocycles. The van der Waals surface area contributed by atoms with Crippen molar-refractivity contribution < 1.29 is 14.0 Å². The second-order valence-corrected chi connectivity index (χ2v) is 4.16. The van der Waals surface area contributed by atoms with Gasteiger partial charge in [-0.3, -0.25) is 20.4 Å². The number of nitrogens with one attached hydrogen (secondary N) is 3. The topological polar surface area (TPSA) is 87.1 Å². The van der Waals surface area contributed by atoms with E-state index in [1.807, 2.05) is 24.3 Å². The lowest BCUT2D eigenvalue weighted by molar-refractivity contribution is 0.0829. The standard InChI is InChI=1S/C14H11N3O3/c18-13(16-17-14(19)12-6-3-7-20-12)11-8-9-4-1-2-5-10(9)15-11/h1-8,15H,(H,16,18)(H,17,19). The van der Waals surface area contributed by atoms with Gasteiger partial charge in [-0.1, -0.05) is 18.2 Å². The van der Waals surface area contributed by atoms with Gasteiger partial charge in [-0.25, -0.2) is 0 Å². The Balaban J connectivity index is 1.68. The van der Waals surface area contributed by atoms with Crippen molar-refractivity contribution in [2.75, 3.05) is 0 Å². The number of amides is 2. The normalized spacial score (nSPS) is 10.4. The van der Waals surface area contributed by atoms with Crippen LogP contribution in [0.3, 0.4) is 0 Å². The first-order valence-corrected chi connectivity index (χ1v) is 5.96. The van der Waals surface area contributed by atoms with E-state index in [0.717, 1.165) is 10.9 Å². The first-order chi connectivity index (χ1) is 9.74. The third kappa shape index (κ3) is 2.26. The van der Waals surface area contributed by atoms with Gasteiger partial charge in [0.15, 0.2) is 5.76 Å². The largest absolute Gasteiger partial charge is 0.459 e. The van der Waals surface area contributed by atoms with Crippen molar-refractivity contribution in [2.24, 2.45) is 0 Å². The second-order valence-electron chi connectivity index (χ2n) is 4.16. The van der Waals surface area contributed by atoms with Gasteiger partial charge in [0.25, 0.3) is 5.91 Å². The van der Waals surface area contributed by atoms with Crippen molar-refractivity contribution in [2.45, 2.75) is 0 Å². The first kappa shape index (κ1) is 12.0. The van der Waals surface area contributed by atoms with Crippen LogP contribution in [0.5, 0.6) is 0 Å². The number of aromatic amines is 1. The molecule has 0 fully saturated rings. The number of carbonyl (C=O) groups excluding carboxylic acids is 2. The fourth-order valence-corrected chi connectivity index (χ4v) is 1.85. The minimum absolute atomic E-state index is 0.127. The molecule has 100 valence electrons. The molecule has 2 heterocycles. The predicted octanol–water partition coefficient (Wildman–Crippen LogP) is 1.84. The minimum atomic E-state index is -0.514. The van der Waals surface area contributed by atoms with Crippen LogP contribution in [0.25, 0.3) is 10.9 Å². The molecule has 3 aromatic rings. The molecule has 0 bridgehead atoms. The number of fused-ring (bicyclic) bond motifs is 1. The van der Waals surface area contributed by atoms with E-state index in [1.54, 1.807) is 12.1 Å². The van der Waals surface area contributed by atoms with Crippen molar-refractivity contribution in [3.63, 3.8) is 0 Å². The number of H-pyrrole nitrogens is 1. The SMILES string of the molecule is O=C(NNC(=O)c1ccco1)c1cc2ccccc2[nH]1. The second kappa shape index (κ2) is 4.93. The maximum Gasteiger partial charge on any atom is 0.305 e. The quantitative estimate of drug-likeness (QED) is 0.620. The lowest BCUT2D eigenvalue weighted by Gasteiger charge is -2.03. The fraction of sp³-hybridized carbons (Fsp3) is 0. The van der Waals surface area contributed by atoms with Crippen molar-refractivity contribution in [3.05, 3.63) is 60.2 Å². The smallest absolute Gasteiger partial charge is 0.305 e. The summed E-state index contributed by atoms with van der Waals surface area (Å²) in [5.41, 5.74) is 5.82. The van der Waals surface area contributed by atoms with E-state index in [-0.39, 0.29) is 5.76 Å². The molecule has 0 aliphatic rings. The van der Waals surface area contributed by atoms with Crippen molar-refractivity contribution in [1.29, 1.82) is 0 Å². The number of furan rings is 1. The maximum absolute atomic E-state index is 11.9. The molecular weight excluding hydrogens is 258 g/mol. The van der Waals surface area contributed by atoms with E-state index in [0.29, 0.717) is 5.69 Å². The first-order valence-electron chi connectivity index (χ1n) is 5.96. The highest BCUT2D eigenvalue weighted by Gasteiger charge is 2.12. The summed E-state index contributed by atoms with van der Waals surface area (Å²) < 4.78 is 4.91. The number of benzene rings is 1. The number of hydrogen-bond acceptors (Lipinski definition) is 3. The van der Waals surface area contributed by atoms with Crippen LogP contribution in [0.4, 0.5) is 0 Å². The van der Waals surface area contributed by atoms with Crippen molar-refractivity contribution >= 4 is 22.7 Å². The van der Waals surface area contributed by atoms with E-state index >= 15 is 0 Å². The number of hydrogen-bond donors (Lipinski definition) is 3. The molecule has 3 N–H and O–H groups in total. The third-order valence-electron chi connectivity index (χ3n) is 2.81. The molecule has 0 aliphatic heterocycles. The zero-order valence-corrected chi connectivity index (χ0v) is 10.3. The van der Waals surface area contributed by atoms with Gasteiger partial charge < -0.3 is 9.40 Å². The Morgan fingerprint density at radius 2 is 1.80 bits per heavy atom. The van der Waals surface area contributed by atoms with E-state index in [1.165, 1.54) is 12.3 Å². The Hall–Kier alpha value is -3.02. The molecule has 20 heavy (non-hydrogen) atoms. The molecule has 2 amide bonds. The molecule has 0 unspecified atom stereocenters. The summed E-state index contributed by atoms with van der Waals surface area (Å²) in [5, 5.41) is 0.926. The van der Waals surface area contributed by atoms with Crippen LogP contribution in [0.1, 0.15) is 21.0 Å². The number of rotatable bonds is 2. The van der Waals surface area contributed by atoms with Crippen LogP contribution in [0, 0.1) is 0 Å². The van der Waals surface area contributed by atoms with Crippen LogP contribution in [-0.4, -0.2) is 16.8 Å². The van der Waals surface area contributed by atoms with Crippen LogP contribution >= 0.6 is 0 Å². The van der Waals surface area contributed by atoms with Gasteiger partial charge in [-0.15, -0.1) is 0 Å². The lowest BCUT2D eigenvalue weighted by atomic mass is 10.2. The monoisotopic (exact) mass is 269 g/mol. The Bertz CT molecular complexity index is 726. The Labute approximate surface area is 113 Å². The van der Waals surface area contributed by atoms with Crippen LogP contribution in [0.2, 0.25) is 0 Å². The van der Waals surface area contributed by atoms with Crippen molar-refractivity contribution in [3.8, 4) is 0 Å². The van der Waals surface area contributed by atoms with E-state index in [4.69, 9.17) is 4.42 Å². The molecule has 2 aromatic heterocycles. The van der Waals surface area contributed by atoms with Gasteiger partial charge >= 0.3 is 5.91 Å². The predicted molar refractivity (Wildman–Crippen MR) is 71.9 cm³/mol. The zero-order chi connectivity index (χ0) is 13.9. The van der Waals surface area contributed by atoms with E-state index in [9.17, 15) is 9.59 Å². The summed E-state index contributed by atoms with van der Waals surface area (Å²) in [7, 11) is 0. The Morgan fingerprint density at radius 3 is 2.55 bits per heavy atom. The molecule has 6 heteroatoms. The minimum Gasteiger partial charge on any atom is -0.459 e. The molecule has 3 rings (SSSR count). The maximum atomic E-state index is 11.9. The van der Waals surface area contributed by atoms with Crippen LogP contribution in [-0.2, 0) is 0 Å². The highest BCUT2D eigenvalue weighted by molar-refractivity contribution is 6.00. The highest BCUT2D eigenvalue weighted by Crippen LogP contribution is 2.14. The molecule has 0 saturated carbocycles. The Morgan fingerprint density at radius 1 is 1.00 bits per heavy atom. The lowest BCUT2D eigenvalue weighted by Crippen LogP contribution is -2.41. The highest BCUT2D eigenvalue weighted by atomic mass is 16.3. The third-order valence-corrected chi connectivity index (χ3v) is 2.81.